The molecule has 0 spiro atoms. The minimum absolute atomic E-state index is 0.0433. The van der Waals surface area contributed by atoms with Crippen molar-refractivity contribution in [2.24, 2.45) is 0 Å². The molecular weight excluding hydrogens is 328 g/mol. The Hall–Kier alpha value is -1.33. The standard InChI is InChI=1S/C20H32N2O2Si/c1-15(2)19-17-13-16(24-20(3)9-10-20)7-8-18(17)21-22(19)14-23-11-12-25(4,5)6/h7-8,13,15H,9-12,14H2,1-6H3. The maximum absolute atomic E-state index is 6.14. The summed E-state index contributed by atoms with van der Waals surface area (Å²) >= 11 is 0. The number of nitrogens with zero attached hydrogens (tertiary/aromatic N) is 2. The third-order valence-corrected chi connectivity index (χ3v) is 6.53. The van der Waals surface area contributed by atoms with E-state index in [0.29, 0.717) is 12.6 Å². The van der Waals surface area contributed by atoms with E-state index in [1.807, 2.05) is 10.7 Å². The fourth-order valence-electron chi connectivity index (χ4n) is 2.99. The molecule has 1 aromatic carbocycles. The molecule has 0 aliphatic heterocycles. The predicted octanol–water partition coefficient (Wildman–Crippen LogP) is 5.40. The number of benzene rings is 1. The van der Waals surface area contributed by atoms with Crippen LogP contribution in [0.2, 0.25) is 25.7 Å². The van der Waals surface area contributed by atoms with E-state index in [-0.39, 0.29) is 5.60 Å². The maximum Gasteiger partial charge on any atom is 0.139 e. The van der Waals surface area contributed by atoms with Crippen molar-refractivity contribution in [2.45, 2.75) is 77.5 Å². The average Bonchev–Trinajstić information content (AvgIpc) is 3.09. The summed E-state index contributed by atoms with van der Waals surface area (Å²) in [6.45, 7) is 15.1. The van der Waals surface area contributed by atoms with Gasteiger partial charge in [-0.25, -0.2) is 4.68 Å². The molecule has 1 aliphatic carbocycles. The summed E-state index contributed by atoms with van der Waals surface area (Å²) in [5.41, 5.74) is 2.29. The Bertz CT molecular complexity index is 742. The molecule has 0 atom stereocenters. The lowest BCUT2D eigenvalue weighted by atomic mass is 10.1. The van der Waals surface area contributed by atoms with Crippen molar-refractivity contribution in [2.75, 3.05) is 6.61 Å². The molecule has 0 N–H and O–H groups in total. The summed E-state index contributed by atoms with van der Waals surface area (Å²) < 4.78 is 14.1. The highest BCUT2D eigenvalue weighted by Gasteiger charge is 2.40. The highest BCUT2D eigenvalue weighted by molar-refractivity contribution is 6.76. The molecule has 138 valence electrons. The summed E-state index contributed by atoms with van der Waals surface area (Å²) in [4.78, 5) is 0. The lowest BCUT2D eigenvalue weighted by molar-refractivity contribution is 0.0765. The number of hydrogen-bond acceptors (Lipinski definition) is 3. The van der Waals surface area contributed by atoms with Gasteiger partial charge in [-0.2, -0.15) is 5.10 Å². The molecule has 1 saturated carbocycles. The Labute approximate surface area is 152 Å². The third kappa shape index (κ3) is 4.64. The van der Waals surface area contributed by atoms with Crippen molar-refractivity contribution < 1.29 is 9.47 Å². The van der Waals surface area contributed by atoms with Gasteiger partial charge < -0.3 is 9.47 Å². The number of hydrogen-bond donors (Lipinski definition) is 0. The first kappa shape index (κ1) is 18.5. The van der Waals surface area contributed by atoms with Gasteiger partial charge in [-0.15, -0.1) is 0 Å². The van der Waals surface area contributed by atoms with Crippen LogP contribution in [0.3, 0.4) is 0 Å². The highest BCUT2D eigenvalue weighted by Crippen LogP contribution is 2.40. The van der Waals surface area contributed by atoms with E-state index >= 15 is 0 Å². The van der Waals surface area contributed by atoms with Crippen LogP contribution >= 0.6 is 0 Å². The summed E-state index contributed by atoms with van der Waals surface area (Å²) in [5, 5.41) is 5.95. The fourth-order valence-corrected chi connectivity index (χ4v) is 3.75. The summed E-state index contributed by atoms with van der Waals surface area (Å²) in [5.74, 6) is 1.34. The van der Waals surface area contributed by atoms with Crippen LogP contribution in [-0.4, -0.2) is 30.1 Å². The van der Waals surface area contributed by atoms with Crippen molar-refractivity contribution in [1.82, 2.24) is 9.78 Å². The van der Waals surface area contributed by atoms with Crippen LogP contribution in [0.4, 0.5) is 0 Å². The van der Waals surface area contributed by atoms with Crippen molar-refractivity contribution in [3.63, 3.8) is 0 Å². The van der Waals surface area contributed by atoms with Crippen molar-refractivity contribution in [3.05, 3.63) is 23.9 Å². The van der Waals surface area contributed by atoms with Gasteiger partial charge >= 0.3 is 0 Å². The molecule has 1 heterocycles. The SMILES string of the molecule is CC(C)c1c2cc(OC3(C)CC3)ccc2nn1COCC[Si](C)(C)C. The molecule has 0 radical (unpaired) electrons. The first-order chi connectivity index (χ1) is 11.7. The van der Waals surface area contributed by atoms with Crippen LogP contribution in [0.15, 0.2) is 18.2 Å². The van der Waals surface area contributed by atoms with Gasteiger partial charge in [0.05, 0.1) is 11.2 Å². The van der Waals surface area contributed by atoms with Crippen LogP contribution in [0.5, 0.6) is 5.75 Å². The van der Waals surface area contributed by atoms with Crippen LogP contribution in [-0.2, 0) is 11.5 Å². The van der Waals surface area contributed by atoms with E-state index < -0.39 is 8.07 Å². The molecule has 0 unspecified atom stereocenters. The number of fused-ring (bicyclic) bond motifs is 1. The van der Waals surface area contributed by atoms with Gasteiger partial charge in [0.15, 0.2) is 0 Å². The zero-order valence-corrected chi connectivity index (χ0v) is 17.6. The molecule has 3 rings (SSSR count). The van der Waals surface area contributed by atoms with E-state index in [1.165, 1.54) is 17.1 Å². The van der Waals surface area contributed by atoms with Gasteiger partial charge in [0, 0.05) is 20.1 Å². The molecule has 25 heavy (non-hydrogen) atoms. The van der Waals surface area contributed by atoms with Gasteiger partial charge in [-0.05, 0) is 49.9 Å². The Kier molecular flexibility index (Phi) is 4.99. The Morgan fingerprint density at radius 2 is 1.96 bits per heavy atom. The molecule has 5 heteroatoms. The molecule has 1 fully saturated rings. The van der Waals surface area contributed by atoms with E-state index in [4.69, 9.17) is 14.6 Å². The molecule has 1 aliphatic rings. The number of ether oxygens (including phenoxy) is 2. The van der Waals surface area contributed by atoms with Crippen molar-refractivity contribution in [3.8, 4) is 5.75 Å². The Morgan fingerprint density at radius 3 is 2.56 bits per heavy atom. The van der Waals surface area contributed by atoms with Gasteiger partial charge in [0.2, 0.25) is 0 Å². The summed E-state index contributed by atoms with van der Waals surface area (Å²) in [6, 6.07) is 7.45. The van der Waals surface area contributed by atoms with E-state index in [1.54, 1.807) is 0 Å². The molecule has 0 saturated heterocycles. The third-order valence-electron chi connectivity index (χ3n) is 4.83. The second kappa shape index (κ2) is 6.76. The van der Waals surface area contributed by atoms with E-state index in [9.17, 15) is 0 Å². The maximum atomic E-state index is 6.14. The molecule has 1 aromatic heterocycles. The van der Waals surface area contributed by atoms with Crippen molar-refractivity contribution in [1.29, 1.82) is 0 Å². The first-order valence-corrected chi connectivity index (χ1v) is 13.1. The molecule has 0 bridgehead atoms. The van der Waals surface area contributed by atoms with Gasteiger partial charge in [-0.1, -0.05) is 33.5 Å². The Balaban J connectivity index is 1.79. The van der Waals surface area contributed by atoms with Crippen LogP contribution in [0.25, 0.3) is 10.9 Å². The normalized spacial score (nSPS) is 16.6. The van der Waals surface area contributed by atoms with Gasteiger partial charge in [0.25, 0.3) is 0 Å². The topological polar surface area (TPSA) is 36.3 Å². The van der Waals surface area contributed by atoms with E-state index in [2.05, 4.69) is 52.5 Å². The monoisotopic (exact) mass is 360 g/mol. The lowest BCUT2D eigenvalue weighted by Crippen LogP contribution is -2.22. The predicted molar refractivity (Wildman–Crippen MR) is 106 cm³/mol. The van der Waals surface area contributed by atoms with Crippen molar-refractivity contribution >= 4 is 19.0 Å². The van der Waals surface area contributed by atoms with Gasteiger partial charge in [-0.3, -0.25) is 0 Å². The zero-order valence-electron chi connectivity index (χ0n) is 16.6. The quantitative estimate of drug-likeness (QED) is 0.467. The van der Waals surface area contributed by atoms with Gasteiger partial charge in [0.1, 0.15) is 18.1 Å². The number of rotatable bonds is 8. The first-order valence-electron chi connectivity index (χ1n) is 9.44. The molecule has 4 nitrogen and oxygen atoms in total. The summed E-state index contributed by atoms with van der Waals surface area (Å²) in [6.07, 6.45) is 2.29. The molecule has 2 aromatic rings. The largest absolute Gasteiger partial charge is 0.488 e. The Morgan fingerprint density at radius 1 is 1.24 bits per heavy atom. The second-order valence-corrected chi connectivity index (χ2v) is 14.7. The number of aromatic nitrogens is 2. The second-order valence-electron chi connectivity index (χ2n) is 9.12. The molecular formula is C20H32N2O2Si. The smallest absolute Gasteiger partial charge is 0.139 e. The lowest BCUT2D eigenvalue weighted by Gasteiger charge is -2.16. The zero-order chi connectivity index (χ0) is 18.2. The fraction of sp³-hybridized carbons (Fsp3) is 0.650. The van der Waals surface area contributed by atoms with Crippen LogP contribution in [0, 0.1) is 0 Å². The minimum Gasteiger partial charge on any atom is -0.488 e. The minimum atomic E-state index is -1.06. The molecule has 0 amide bonds. The summed E-state index contributed by atoms with van der Waals surface area (Å²) in [7, 11) is -1.06. The average molecular weight is 361 g/mol. The van der Waals surface area contributed by atoms with Crippen LogP contribution in [0.1, 0.15) is 45.2 Å². The van der Waals surface area contributed by atoms with E-state index in [0.717, 1.165) is 30.7 Å². The highest BCUT2D eigenvalue weighted by atomic mass is 28.3. The van der Waals surface area contributed by atoms with Crippen LogP contribution < -0.4 is 4.74 Å².